The predicted octanol–water partition coefficient (Wildman–Crippen LogP) is 14.1. The molecule has 20 atom stereocenters. The summed E-state index contributed by atoms with van der Waals surface area (Å²) in [5.41, 5.74) is 2.76. The smallest absolute Gasteiger partial charge is 0.306 e. The number of methoxy groups -OCH3 is 2. The van der Waals surface area contributed by atoms with Crippen molar-refractivity contribution in [2.45, 2.75) is 229 Å². The van der Waals surface area contributed by atoms with Crippen LogP contribution in [-0.2, 0) is 77.4 Å². The van der Waals surface area contributed by atoms with E-state index in [9.17, 15) is 45.6 Å². The molecule has 2 aromatic heterocycles. The summed E-state index contributed by atoms with van der Waals surface area (Å²) in [6.45, 7) is 14.4. The number of allylic oxidation sites excluding steroid dienone is 4. The zero-order valence-corrected chi connectivity index (χ0v) is 79.4. The van der Waals surface area contributed by atoms with E-state index in [2.05, 4.69) is 57.4 Å². The second-order valence-electron chi connectivity index (χ2n) is 41.6. The number of morpholine rings is 2. The molecule has 30 heteroatoms. The molecule has 134 heavy (non-hydrogen) atoms. The van der Waals surface area contributed by atoms with Gasteiger partial charge < -0.3 is 57.5 Å². The number of benzene rings is 4. The number of aromatic nitrogens is 2. The number of rotatable bonds is 22. The van der Waals surface area contributed by atoms with Crippen LogP contribution in [0.25, 0.3) is 44.1 Å². The minimum atomic E-state index is -3.88. The van der Waals surface area contributed by atoms with Crippen molar-refractivity contribution >= 4 is 100 Å². The van der Waals surface area contributed by atoms with Gasteiger partial charge in [0.05, 0.1) is 123 Å². The molecule has 6 aliphatic heterocycles. The molecule has 20 rings (SSSR count). The van der Waals surface area contributed by atoms with E-state index in [0.717, 1.165) is 122 Å². The minimum absolute atomic E-state index is 0.0471. The van der Waals surface area contributed by atoms with Crippen molar-refractivity contribution in [3.8, 4) is 45.8 Å². The molecule has 0 spiro atoms. The lowest BCUT2D eigenvalue weighted by molar-refractivity contribution is -0.155. The Balaban J connectivity index is 0.000000172. The van der Waals surface area contributed by atoms with Crippen LogP contribution in [0.1, 0.15) is 182 Å². The molecule has 8 saturated carbocycles. The highest BCUT2D eigenvalue weighted by atomic mass is 32.2. The lowest BCUT2D eigenvalue weighted by Gasteiger charge is -2.32. The number of hydrogen-bond donors (Lipinski definition) is 2. The number of anilines is 2. The van der Waals surface area contributed by atoms with Gasteiger partial charge in [-0.25, -0.2) is 26.8 Å². The third-order valence-corrected chi connectivity index (χ3v) is 35.4. The number of Topliss-reactive ketones (excluding diaryl/α,β-unsaturated/α-hetero) is 2. The molecular formula is C104H128N8O20S2. The van der Waals surface area contributed by atoms with Gasteiger partial charge in [-0.2, -0.15) is 0 Å². The molecule has 0 bridgehead atoms. The molecule has 4 saturated heterocycles. The first-order valence-corrected chi connectivity index (χ1v) is 52.3. The third-order valence-electron chi connectivity index (χ3n) is 31.7. The van der Waals surface area contributed by atoms with Crippen molar-refractivity contribution in [1.29, 1.82) is 0 Å². The molecule has 28 nitrogen and oxygen atoms in total. The number of nitrogens with zero attached hydrogens (tertiary/aromatic N) is 6. The topological polar surface area (TPSA) is 341 Å². The summed E-state index contributed by atoms with van der Waals surface area (Å²) >= 11 is 0. The second-order valence-corrected chi connectivity index (χ2v) is 45.5. The van der Waals surface area contributed by atoms with E-state index in [1.54, 1.807) is 24.0 Å². The Morgan fingerprint density at radius 1 is 0.463 bits per heavy atom. The van der Waals surface area contributed by atoms with E-state index >= 15 is 9.59 Å². The van der Waals surface area contributed by atoms with Crippen LogP contribution in [0, 0.1) is 81.8 Å². The first-order chi connectivity index (χ1) is 64.5. The number of ether oxygens (including phenoxy) is 8. The van der Waals surface area contributed by atoms with Gasteiger partial charge in [0.15, 0.2) is 11.6 Å². The van der Waals surface area contributed by atoms with Crippen molar-refractivity contribution in [3.63, 3.8) is 0 Å². The lowest BCUT2D eigenvalue weighted by Crippen LogP contribution is -2.47. The number of carbonyl (C=O) groups is 8. The van der Waals surface area contributed by atoms with Gasteiger partial charge in [-0.05, 0) is 258 Å². The summed E-state index contributed by atoms with van der Waals surface area (Å²) < 4.78 is 105. The van der Waals surface area contributed by atoms with Crippen LogP contribution in [0.2, 0.25) is 0 Å². The molecule has 2 unspecified atom stereocenters. The normalized spacial score (nSPS) is 32.6. The number of fused-ring (bicyclic) bond motifs is 8. The van der Waals surface area contributed by atoms with Gasteiger partial charge in [0.1, 0.15) is 35.9 Å². The molecule has 2 N–H and O–H groups in total. The van der Waals surface area contributed by atoms with Gasteiger partial charge in [0, 0.05) is 85.1 Å². The van der Waals surface area contributed by atoms with Gasteiger partial charge in [-0.3, -0.25) is 47.8 Å². The number of nitrogens with one attached hydrogen (secondary N) is 2. The highest BCUT2D eigenvalue weighted by Crippen LogP contribution is 2.60. The Morgan fingerprint density at radius 3 is 1.21 bits per heavy atom. The maximum absolute atomic E-state index is 15.3. The summed E-state index contributed by atoms with van der Waals surface area (Å²) in [5.74, 6) is -1.09. The van der Waals surface area contributed by atoms with Gasteiger partial charge in [0.25, 0.3) is 0 Å². The fourth-order valence-corrected chi connectivity index (χ4v) is 25.9. The molecular weight excluding hydrogens is 1750 g/mol. The zero-order chi connectivity index (χ0) is 93.2. The number of pyridine rings is 2. The molecule has 0 radical (unpaired) electrons. The number of carbonyl (C=O) groups excluding carboxylic acids is 8. The number of esters is 2. The third kappa shape index (κ3) is 20.7. The quantitative estimate of drug-likeness (QED) is 0.0471. The van der Waals surface area contributed by atoms with Crippen molar-refractivity contribution in [2.24, 2.45) is 81.8 Å². The largest absolute Gasteiger partial charge is 0.497 e. The summed E-state index contributed by atoms with van der Waals surface area (Å²) in [5, 5.41) is 1.91. The van der Waals surface area contributed by atoms with E-state index in [1.807, 2.05) is 111 Å². The number of hydrogen-bond acceptors (Lipinski definition) is 24. The Labute approximate surface area is 785 Å². The Hall–Kier alpha value is -10.0. The Bertz CT molecular complexity index is 5410. The molecule has 8 aliphatic carbocycles. The van der Waals surface area contributed by atoms with E-state index in [4.69, 9.17) is 47.9 Å². The standard InChI is InChI=1S/2C52H64N4O10S/c2*1-31-6-4-5-7-37-28-52(37,51(60)54-67(61,62)42-13-14-42)29-47(57)46-26-41(30-56(46)50(59)44(32(2)20-31)27-48(58)65-40-22-34-21-35(34)23-40)66-49-43-15-12-39(63-3)24-36(43)25-45(53-49)33-8-10-38(11-9-33)55-16-18-64-19-17-55/h2*5,7-12,15,24-25,31-32,34-35,37,40-42,44,46H,4,6,13-14,16-23,26-30H2,1-3H3,(H,54,60)/b2*7-5-/t31-,32+,34-,35+,37+,40?,41+,44-,46-,52+;31-,32-,34-,35+,37-,40?,41-,44+,46+,52-/m01/s1. The van der Waals surface area contributed by atoms with Crippen molar-refractivity contribution in [1.82, 2.24) is 29.2 Å². The van der Waals surface area contributed by atoms with Gasteiger partial charge in [-0.1, -0.05) is 76.3 Å². The maximum Gasteiger partial charge on any atom is 0.306 e. The molecule has 6 aromatic rings. The average molecular weight is 1870 g/mol. The lowest BCUT2D eigenvalue weighted by atomic mass is 9.82. The summed E-state index contributed by atoms with van der Waals surface area (Å²) in [6, 6.07) is 29.8. The summed E-state index contributed by atoms with van der Waals surface area (Å²) in [7, 11) is -4.53. The predicted molar refractivity (Wildman–Crippen MR) is 503 cm³/mol. The SMILES string of the molecule is COc1ccc2c(O[C@@H]3C[C@H]4C(=O)C[C@]5(C(=O)NS(=O)(=O)C6CC6)C[C@H]5/C=C\CC[C@@H](C)C[C@@H](C)[C@H](CC(=O)OC5C[C@@H]6C[C@@H]6C5)C(=O)N4C3)nc(-c3ccc(N4CCOCC4)cc3)cc2c1.COc1ccc2c(O[C@@H]3C[C@H]4C(=O)C[C@]5(C(=O)NS(=O)(=O)C6CC6)C[C@H]5/C=C\CC[C@H](C)C[C@@H](C)[C@H](CC(=O)OC5C[C@@H]6C[C@@H]6C5)C(=O)N4C3)nc(-c3ccc(N4CCOCC4)cc3)cc2c1. The molecule has 12 fully saturated rings. The van der Waals surface area contributed by atoms with Crippen molar-refractivity contribution < 1.29 is 93.1 Å². The molecule has 8 heterocycles. The van der Waals surface area contributed by atoms with Crippen LogP contribution in [-0.4, -0.2) is 211 Å². The van der Waals surface area contributed by atoms with Crippen molar-refractivity contribution in [3.05, 3.63) is 121 Å². The molecule has 14 aliphatic rings. The maximum atomic E-state index is 15.3. The van der Waals surface area contributed by atoms with Gasteiger partial charge in [0.2, 0.25) is 55.4 Å². The van der Waals surface area contributed by atoms with E-state index in [1.165, 1.54) is 12.8 Å². The fraction of sp³-hybridized carbons (Fsp3) is 0.596. The number of sulfonamides is 2. The van der Waals surface area contributed by atoms with E-state index < -0.39 is 101 Å². The Morgan fingerprint density at radius 2 is 0.843 bits per heavy atom. The van der Waals surface area contributed by atoms with Crippen LogP contribution in [0.5, 0.6) is 23.3 Å². The van der Waals surface area contributed by atoms with Crippen molar-refractivity contribution in [2.75, 3.05) is 89.7 Å². The monoisotopic (exact) mass is 1870 g/mol. The highest BCUT2D eigenvalue weighted by Gasteiger charge is 2.64. The van der Waals surface area contributed by atoms with Crippen LogP contribution < -0.4 is 38.2 Å². The second kappa shape index (κ2) is 38.5. The van der Waals surface area contributed by atoms with Gasteiger partial charge >= 0.3 is 11.9 Å². The summed E-state index contributed by atoms with van der Waals surface area (Å²) in [4.78, 5) is 134. The fourth-order valence-electron chi connectivity index (χ4n) is 23.1. The average Bonchev–Trinajstić information content (AvgIpc) is 1.57. The first-order valence-electron chi connectivity index (χ1n) is 49.2. The molecule has 716 valence electrons. The van der Waals surface area contributed by atoms with E-state index in [-0.39, 0.29) is 123 Å². The van der Waals surface area contributed by atoms with Crippen LogP contribution in [0.4, 0.5) is 11.4 Å². The molecule has 4 aromatic carbocycles. The highest BCUT2D eigenvalue weighted by molar-refractivity contribution is 7.91. The first kappa shape index (κ1) is 93.0. The Kier molecular flexibility index (Phi) is 26.7. The minimum Gasteiger partial charge on any atom is -0.497 e. The molecule has 4 amide bonds. The van der Waals surface area contributed by atoms with Crippen LogP contribution in [0.3, 0.4) is 0 Å². The summed E-state index contributed by atoms with van der Waals surface area (Å²) in [6.07, 6.45) is 18.9. The number of ketones is 2. The van der Waals surface area contributed by atoms with E-state index in [0.29, 0.717) is 136 Å². The van der Waals surface area contributed by atoms with Crippen LogP contribution in [0.15, 0.2) is 121 Å². The van der Waals surface area contributed by atoms with Crippen LogP contribution >= 0.6 is 0 Å². The van der Waals surface area contributed by atoms with Gasteiger partial charge in [-0.15, -0.1) is 0 Å². The zero-order valence-electron chi connectivity index (χ0n) is 77.8. The number of amides is 4.